The van der Waals surface area contributed by atoms with Crippen molar-refractivity contribution < 1.29 is 52.9 Å². The smallest absolute Gasteiger partial charge is 0.169 e. The molecule has 1 heterocycles. The van der Waals surface area contributed by atoms with Crippen molar-refractivity contribution in [3.05, 3.63) is 34.9 Å². The number of rotatable bonds is 10. The van der Waals surface area contributed by atoms with E-state index in [2.05, 4.69) is 0 Å². The molecule has 29 heavy (non-hydrogen) atoms. The summed E-state index contributed by atoms with van der Waals surface area (Å²) in [6.45, 7) is -1.11. The van der Waals surface area contributed by atoms with Gasteiger partial charge in [0.25, 0.3) is 0 Å². The van der Waals surface area contributed by atoms with Crippen molar-refractivity contribution in [1.29, 1.82) is 0 Å². The largest absolute Gasteiger partial charge is 1.00 e. The van der Waals surface area contributed by atoms with Crippen LogP contribution in [0.3, 0.4) is 0 Å². The van der Waals surface area contributed by atoms with Gasteiger partial charge in [-0.25, -0.2) is 0 Å². The summed E-state index contributed by atoms with van der Waals surface area (Å²) in [5, 5.41) is 69.0. The zero-order valence-corrected chi connectivity index (χ0v) is 17.9. The second-order valence-corrected chi connectivity index (χ2v) is 9.58. The van der Waals surface area contributed by atoms with Crippen LogP contribution < -0.4 is 12.4 Å². The SMILES string of the molecule is OC[C@@H]1[C@@H](O)[C@H](O)C[S+]1C[C@@H](O)[C@H](OCc1ccccc1Cl)[C@H](O)[C@@H](O)CO.[Cl-]. The average molecular weight is 475 g/mol. The van der Waals surface area contributed by atoms with Crippen molar-refractivity contribution in [1.82, 2.24) is 0 Å². The molecular formula is C18H28Cl2O8S. The van der Waals surface area contributed by atoms with Gasteiger partial charge in [-0.1, -0.05) is 29.8 Å². The maximum Gasteiger partial charge on any atom is 0.169 e. The summed E-state index contributed by atoms with van der Waals surface area (Å²) < 4.78 is 5.65. The molecule has 11 heteroatoms. The lowest BCUT2D eigenvalue weighted by atomic mass is 10.0. The third-order valence-corrected chi connectivity index (χ3v) is 8.03. The maximum absolute atomic E-state index is 10.7. The highest BCUT2D eigenvalue weighted by Crippen LogP contribution is 2.26. The molecule has 1 aromatic rings. The van der Waals surface area contributed by atoms with Gasteiger partial charge in [0.1, 0.15) is 48.1 Å². The summed E-state index contributed by atoms with van der Waals surface area (Å²) in [6.07, 6.45) is -7.70. The van der Waals surface area contributed by atoms with E-state index >= 15 is 0 Å². The van der Waals surface area contributed by atoms with E-state index in [1.807, 2.05) is 0 Å². The fraction of sp³-hybridized carbons (Fsp3) is 0.667. The number of hydrogen-bond acceptors (Lipinski definition) is 8. The minimum atomic E-state index is -1.57. The molecule has 1 aromatic carbocycles. The van der Waals surface area contributed by atoms with Crippen molar-refractivity contribution in [3.63, 3.8) is 0 Å². The summed E-state index contributed by atoms with van der Waals surface area (Å²) in [7, 11) is -0.721. The summed E-state index contributed by atoms with van der Waals surface area (Å²) in [5.74, 6) is 0.251. The van der Waals surface area contributed by atoms with Crippen molar-refractivity contribution in [2.75, 3.05) is 24.7 Å². The quantitative estimate of drug-likeness (QED) is 0.166. The minimum absolute atomic E-state index is 0. The first-order valence-corrected chi connectivity index (χ1v) is 10.9. The fourth-order valence-corrected chi connectivity index (χ4v) is 6.04. The molecule has 0 saturated carbocycles. The Labute approximate surface area is 183 Å². The van der Waals surface area contributed by atoms with Crippen molar-refractivity contribution >= 4 is 22.5 Å². The topological polar surface area (TPSA) is 151 Å². The molecule has 0 spiro atoms. The van der Waals surface area contributed by atoms with Crippen LogP contribution in [0.15, 0.2) is 24.3 Å². The van der Waals surface area contributed by atoms with Gasteiger partial charge < -0.3 is 52.9 Å². The molecule has 0 bridgehead atoms. The van der Waals surface area contributed by atoms with E-state index in [4.69, 9.17) is 21.4 Å². The summed E-state index contributed by atoms with van der Waals surface area (Å²) >= 11 is 6.09. The predicted molar refractivity (Wildman–Crippen MR) is 105 cm³/mol. The van der Waals surface area contributed by atoms with Crippen molar-refractivity contribution in [3.8, 4) is 0 Å². The molecule has 0 radical (unpaired) electrons. The Morgan fingerprint density at radius 1 is 1.10 bits per heavy atom. The Hall–Kier alpha value is -0.170. The molecule has 168 valence electrons. The lowest BCUT2D eigenvalue weighted by Crippen LogP contribution is -3.00. The molecule has 1 aliphatic heterocycles. The standard InChI is InChI=1S/C18H28ClO8S.ClH/c19-11-4-2-1-3-10(11)7-27-18(17(26)12(22)5-20)14(24)9-28-8-13(23)16(25)15(28)6-21;/h1-4,12-18,20-26H,5-9H2;1H/q+1;/p-1/t12-,13+,14+,15+,16-,17+,18-,28?;/m0./s1. The van der Waals surface area contributed by atoms with E-state index in [0.29, 0.717) is 10.6 Å². The normalized spacial score (nSPS) is 28.4. The van der Waals surface area contributed by atoms with Crippen LogP contribution in [-0.2, 0) is 22.2 Å². The molecule has 8 atom stereocenters. The first kappa shape index (κ1) is 26.9. The van der Waals surface area contributed by atoms with Crippen LogP contribution in [0.25, 0.3) is 0 Å². The van der Waals surface area contributed by atoms with Crippen LogP contribution in [0.1, 0.15) is 5.56 Å². The predicted octanol–water partition coefficient (Wildman–Crippen LogP) is -4.98. The lowest BCUT2D eigenvalue weighted by molar-refractivity contribution is -0.141. The van der Waals surface area contributed by atoms with Crippen LogP contribution in [-0.4, -0.2) is 102 Å². The third kappa shape index (κ3) is 6.91. The number of halogens is 2. The van der Waals surface area contributed by atoms with Crippen LogP contribution in [0.4, 0.5) is 0 Å². The second-order valence-electron chi connectivity index (χ2n) is 6.82. The van der Waals surface area contributed by atoms with Gasteiger partial charge >= 0.3 is 0 Å². The molecule has 0 aromatic heterocycles. The number of aliphatic hydroxyl groups is 7. The Balaban J connectivity index is 0.00000420. The molecule has 2 rings (SSSR count). The van der Waals surface area contributed by atoms with Gasteiger partial charge in [-0.2, -0.15) is 0 Å². The van der Waals surface area contributed by atoms with E-state index in [0.717, 1.165) is 0 Å². The van der Waals surface area contributed by atoms with Crippen LogP contribution in [0, 0.1) is 0 Å². The molecule has 1 aliphatic rings. The van der Waals surface area contributed by atoms with Crippen LogP contribution in [0.2, 0.25) is 5.02 Å². The van der Waals surface area contributed by atoms with Gasteiger partial charge in [0.15, 0.2) is 5.25 Å². The van der Waals surface area contributed by atoms with E-state index < -0.39 is 59.4 Å². The van der Waals surface area contributed by atoms with E-state index in [1.165, 1.54) is 0 Å². The van der Waals surface area contributed by atoms with Crippen molar-refractivity contribution in [2.45, 2.75) is 48.5 Å². The van der Waals surface area contributed by atoms with Crippen LogP contribution in [0.5, 0.6) is 0 Å². The Kier molecular flexibility index (Phi) is 11.7. The Morgan fingerprint density at radius 2 is 1.76 bits per heavy atom. The summed E-state index contributed by atoms with van der Waals surface area (Å²) in [6, 6.07) is 6.88. The molecule has 7 N–H and O–H groups in total. The summed E-state index contributed by atoms with van der Waals surface area (Å²) in [4.78, 5) is 0. The zero-order valence-electron chi connectivity index (χ0n) is 15.6. The van der Waals surface area contributed by atoms with Gasteiger partial charge in [0.2, 0.25) is 0 Å². The summed E-state index contributed by atoms with van der Waals surface area (Å²) in [5.41, 5.74) is 0.620. The average Bonchev–Trinajstić information content (AvgIpc) is 2.95. The van der Waals surface area contributed by atoms with Gasteiger partial charge in [-0.3, -0.25) is 0 Å². The fourth-order valence-electron chi connectivity index (χ4n) is 3.17. The molecule has 1 unspecified atom stereocenters. The first-order chi connectivity index (χ1) is 13.3. The molecule has 1 saturated heterocycles. The highest BCUT2D eigenvalue weighted by atomic mass is 35.5. The molecular weight excluding hydrogens is 447 g/mol. The van der Waals surface area contributed by atoms with Gasteiger partial charge in [0, 0.05) is 15.9 Å². The third-order valence-electron chi connectivity index (χ3n) is 4.84. The molecule has 8 nitrogen and oxygen atoms in total. The lowest BCUT2D eigenvalue weighted by Gasteiger charge is -2.30. The maximum atomic E-state index is 10.7. The molecule has 0 amide bonds. The number of ether oxygens (including phenoxy) is 1. The Morgan fingerprint density at radius 3 is 2.34 bits per heavy atom. The molecule has 1 fully saturated rings. The highest BCUT2D eigenvalue weighted by Gasteiger charge is 2.51. The first-order valence-electron chi connectivity index (χ1n) is 8.93. The minimum Gasteiger partial charge on any atom is -1.00 e. The van der Waals surface area contributed by atoms with Crippen LogP contribution >= 0.6 is 11.6 Å². The Bertz CT molecular complexity index is 613. The van der Waals surface area contributed by atoms with Crippen molar-refractivity contribution in [2.24, 2.45) is 0 Å². The number of hydrogen-bond donors (Lipinski definition) is 7. The van der Waals surface area contributed by atoms with Gasteiger partial charge in [-0.05, 0) is 11.6 Å². The number of aliphatic hydroxyl groups excluding tert-OH is 7. The monoisotopic (exact) mass is 474 g/mol. The highest BCUT2D eigenvalue weighted by molar-refractivity contribution is 7.97. The number of benzene rings is 1. The molecule has 0 aliphatic carbocycles. The van der Waals surface area contributed by atoms with E-state index in [1.54, 1.807) is 24.3 Å². The second kappa shape index (κ2) is 12.6. The zero-order chi connectivity index (χ0) is 20.8. The van der Waals surface area contributed by atoms with E-state index in [-0.39, 0.29) is 37.1 Å². The van der Waals surface area contributed by atoms with E-state index in [9.17, 15) is 30.6 Å². The van der Waals surface area contributed by atoms with Gasteiger partial charge in [0.05, 0.1) is 19.8 Å². The van der Waals surface area contributed by atoms with Gasteiger partial charge in [-0.15, -0.1) is 0 Å².